The van der Waals surface area contributed by atoms with E-state index < -0.39 is 5.92 Å². The SMILES string of the molecule is CC(F)(F)c1cc(N[C@H]2CC[C@@H](O)CC2)ccc1Cl. The Balaban J connectivity index is 2.09. The van der Waals surface area contributed by atoms with Crippen molar-refractivity contribution in [2.75, 3.05) is 5.32 Å². The molecule has 0 amide bonds. The molecule has 1 aliphatic rings. The molecule has 1 fully saturated rings. The molecule has 0 heterocycles. The number of alkyl halides is 2. The van der Waals surface area contributed by atoms with Crippen LogP contribution in [-0.4, -0.2) is 17.3 Å². The number of hydrogen-bond donors (Lipinski definition) is 2. The van der Waals surface area contributed by atoms with Crippen LogP contribution >= 0.6 is 11.6 Å². The van der Waals surface area contributed by atoms with Crippen LogP contribution in [0.5, 0.6) is 0 Å². The van der Waals surface area contributed by atoms with E-state index >= 15 is 0 Å². The van der Waals surface area contributed by atoms with Crippen molar-refractivity contribution >= 4 is 17.3 Å². The van der Waals surface area contributed by atoms with Crippen molar-refractivity contribution in [2.45, 2.75) is 50.7 Å². The van der Waals surface area contributed by atoms with Gasteiger partial charge in [-0.05, 0) is 43.9 Å². The van der Waals surface area contributed by atoms with Crippen molar-refractivity contribution in [2.24, 2.45) is 0 Å². The Morgan fingerprint density at radius 1 is 1.26 bits per heavy atom. The van der Waals surface area contributed by atoms with E-state index in [0.29, 0.717) is 5.69 Å². The second-order valence-electron chi connectivity index (χ2n) is 5.23. The summed E-state index contributed by atoms with van der Waals surface area (Å²) in [6, 6.07) is 4.84. The third-order valence-corrected chi connectivity index (χ3v) is 3.84. The Labute approximate surface area is 116 Å². The van der Waals surface area contributed by atoms with Crippen LogP contribution < -0.4 is 5.32 Å². The van der Waals surface area contributed by atoms with Crippen LogP contribution in [0.15, 0.2) is 18.2 Å². The molecule has 2 rings (SSSR count). The molecule has 0 aromatic heterocycles. The molecule has 0 atom stereocenters. The first-order chi connectivity index (χ1) is 8.86. The van der Waals surface area contributed by atoms with Crippen LogP contribution in [0, 0.1) is 0 Å². The van der Waals surface area contributed by atoms with Gasteiger partial charge in [0.05, 0.1) is 6.10 Å². The molecule has 0 spiro atoms. The topological polar surface area (TPSA) is 32.3 Å². The van der Waals surface area contributed by atoms with Crippen molar-refractivity contribution in [1.82, 2.24) is 0 Å². The minimum atomic E-state index is -2.95. The van der Waals surface area contributed by atoms with Gasteiger partial charge in [-0.1, -0.05) is 11.6 Å². The summed E-state index contributed by atoms with van der Waals surface area (Å²) in [7, 11) is 0. The maximum Gasteiger partial charge on any atom is 0.272 e. The molecule has 19 heavy (non-hydrogen) atoms. The van der Waals surface area contributed by atoms with E-state index in [1.165, 1.54) is 12.1 Å². The van der Waals surface area contributed by atoms with E-state index in [2.05, 4.69) is 5.32 Å². The minimum Gasteiger partial charge on any atom is -0.393 e. The smallest absolute Gasteiger partial charge is 0.272 e. The summed E-state index contributed by atoms with van der Waals surface area (Å²) in [6.07, 6.45) is 2.98. The summed E-state index contributed by atoms with van der Waals surface area (Å²) in [5.41, 5.74) is 0.498. The molecule has 1 aliphatic carbocycles. The zero-order valence-electron chi connectivity index (χ0n) is 10.8. The second-order valence-corrected chi connectivity index (χ2v) is 5.64. The van der Waals surface area contributed by atoms with Crippen LogP contribution in [-0.2, 0) is 5.92 Å². The van der Waals surface area contributed by atoms with Gasteiger partial charge in [-0.3, -0.25) is 0 Å². The summed E-state index contributed by atoms with van der Waals surface area (Å²) >= 11 is 5.80. The highest BCUT2D eigenvalue weighted by Crippen LogP contribution is 2.35. The van der Waals surface area contributed by atoms with Crippen molar-refractivity contribution in [3.63, 3.8) is 0 Å². The van der Waals surface area contributed by atoms with E-state index in [-0.39, 0.29) is 22.7 Å². The average Bonchev–Trinajstić information content (AvgIpc) is 2.33. The Bertz CT molecular complexity index is 440. The molecule has 0 aliphatic heterocycles. The fourth-order valence-corrected chi connectivity index (χ4v) is 2.69. The quantitative estimate of drug-likeness (QED) is 0.875. The number of hydrogen-bond acceptors (Lipinski definition) is 2. The Hall–Kier alpha value is -0.870. The van der Waals surface area contributed by atoms with Gasteiger partial charge in [-0.2, -0.15) is 0 Å². The zero-order valence-corrected chi connectivity index (χ0v) is 11.6. The Morgan fingerprint density at radius 2 is 1.89 bits per heavy atom. The molecular formula is C14H18ClF2NO. The lowest BCUT2D eigenvalue weighted by Gasteiger charge is -2.27. The number of halogens is 3. The lowest BCUT2D eigenvalue weighted by Crippen LogP contribution is -2.28. The van der Waals surface area contributed by atoms with Gasteiger partial charge in [-0.25, -0.2) is 8.78 Å². The molecule has 1 aromatic carbocycles. The fraction of sp³-hybridized carbons (Fsp3) is 0.571. The van der Waals surface area contributed by atoms with E-state index in [4.69, 9.17) is 11.6 Å². The molecule has 0 bridgehead atoms. The van der Waals surface area contributed by atoms with Crippen LogP contribution in [0.3, 0.4) is 0 Å². The summed E-state index contributed by atoms with van der Waals surface area (Å²) < 4.78 is 26.8. The Kier molecular flexibility index (Phi) is 4.31. The van der Waals surface area contributed by atoms with Gasteiger partial charge in [0.25, 0.3) is 5.92 Å². The average molecular weight is 290 g/mol. The zero-order chi connectivity index (χ0) is 14.0. The highest BCUT2D eigenvalue weighted by molar-refractivity contribution is 6.31. The molecule has 106 valence electrons. The summed E-state index contributed by atoms with van der Waals surface area (Å²) in [5.74, 6) is -2.95. The number of nitrogens with one attached hydrogen (secondary N) is 1. The maximum atomic E-state index is 13.4. The van der Waals surface area contributed by atoms with Crippen molar-refractivity contribution in [1.29, 1.82) is 0 Å². The predicted octanol–water partition coefficient (Wildman–Crippen LogP) is 4.17. The third-order valence-electron chi connectivity index (χ3n) is 3.51. The van der Waals surface area contributed by atoms with Crippen LogP contribution in [0.25, 0.3) is 0 Å². The molecule has 2 N–H and O–H groups in total. The lowest BCUT2D eigenvalue weighted by molar-refractivity contribution is 0.0176. The van der Waals surface area contributed by atoms with Gasteiger partial charge in [-0.15, -0.1) is 0 Å². The molecule has 0 radical (unpaired) electrons. The number of aliphatic hydroxyl groups excluding tert-OH is 1. The van der Waals surface area contributed by atoms with E-state index in [1.54, 1.807) is 6.07 Å². The van der Waals surface area contributed by atoms with Crippen molar-refractivity contribution in [3.8, 4) is 0 Å². The van der Waals surface area contributed by atoms with Crippen LogP contribution in [0.1, 0.15) is 38.2 Å². The first-order valence-electron chi connectivity index (χ1n) is 6.48. The monoisotopic (exact) mass is 289 g/mol. The number of anilines is 1. The largest absolute Gasteiger partial charge is 0.393 e. The van der Waals surface area contributed by atoms with Crippen LogP contribution in [0.4, 0.5) is 14.5 Å². The molecule has 1 aromatic rings. The minimum absolute atomic E-state index is 0.0807. The molecule has 0 saturated heterocycles. The molecule has 2 nitrogen and oxygen atoms in total. The first-order valence-corrected chi connectivity index (χ1v) is 6.86. The highest BCUT2D eigenvalue weighted by atomic mass is 35.5. The Morgan fingerprint density at radius 3 is 2.47 bits per heavy atom. The second kappa shape index (κ2) is 5.63. The maximum absolute atomic E-state index is 13.4. The normalized spacial score (nSPS) is 24.3. The summed E-state index contributed by atoms with van der Waals surface area (Å²) in [6.45, 7) is 0.842. The van der Waals surface area contributed by atoms with E-state index in [1.807, 2.05) is 0 Å². The number of aliphatic hydroxyl groups is 1. The van der Waals surface area contributed by atoms with E-state index in [0.717, 1.165) is 32.6 Å². The van der Waals surface area contributed by atoms with Gasteiger partial charge >= 0.3 is 0 Å². The first kappa shape index (κ1) is 14.5. The van der Waals surface area contributed by atoms with Crippen molar-refractivity contribution < 1.29 is 13.9 Å². The van der Waals surface area contributed by atoms with E-state index in [9.17, 15) is 13.9 Å². The number of rotatable bonds is 3. The predicted molar refractivity (Wildman–Crippen MR) is 72.9 cm³/mol. The molecule has 1 saturated carbocycles. The van der Waals surface area contributed by atoms with Gasteiger partial charge in [0.1, 0.15) is 0 Å². The van der Waals surface area contributed by atoms with Gasteiger partial charge < -0.3 is 10.4 Å². The number of benzene rings is 1. The fourth-order valence-electron chi connectivity index (χ4n) is 2.41. The van der Waals surface area contributed by atoms with Gasteiger partial charge in [0.15, 0.2) is 0 Å². The third kappa shape index (κ3) is 3.80. The molecular weight excluding hydrogens is 272 g/mol. The highest BCUT2D eigenvalue weighted by Gasteiger charge is 2.28. The van der Waals surface area contributed by atoms with Crippen LogP contribution in [0.2, 0.25) is 5.02 Å². The molecule has 0 unspecified atom stereocenters. The summed E-state index contributed by atoms with van der Waals surface area (Å²) in [4.78, 5) is 0. The summed E-state index contributed by atoms with van der Waals surface area (Å²) in [5, 5.41) is 12.8. The standard InChI is InChI=1S/C14H18ClF2NO/c1-14(16,17)12-8-10(4-7-13(12)15)18-9-2-5-11(19)6-3-9/h4,7-9,11,18-19H,2-3,5-6H2,1H3/t9-,11+. The van der Waals surface area contributed by atoms with Gasteiger partial charge in [0.2, 0.25) is 0 Å². The lowest BCUT2D eigenvalue weighted by atomic mass is 9.93. The van der Waals surface area contributed by atoms with Crippen molar-refractivity contribution in [3.05, 3.63) is 28.8 Å². The van der Waals surface area contributed by atoms with Gasteiger partial charge in [0, 0.05) is 29.2 Å². The molecule has 5 heteroatoms.